The molecule has 1 saturated carbocycles. The molecule has 1 heterocycles. The summed E-state index contributed by atoms with van der Waals surface area (Å²) in [6.45, 7) is 0. The number of nitrogens with zero attached hydrogens (tertiary/aromatic N) is 1. The molecule has 7 heteroatoms. The van der Waals surface area contributed by atoms with Crippen molar-refractivity contribution in [2.45, 2.75) is 24.5 Å². The van der Waals surface area contributed by atoms with E-state index in [4.69, 9.17) is 4.52 Å². The predicted octanol–water partition coefficient (Wildman–Crippen LogP) is 4.11. The summed E-state index contributed by atoms with van der Waals surface area (Å²) in [6, 6.07) is 5.36. The summed E-state index contributed by atoms with van der Waals surface area (Å²) in [5.41, 5.74) is 1.14. The van der Waals surface area contributed by atoms with Crippen molar-refractivity contribution in [2.24, 2.45) is 0 Å². The van der Waals surface area contributed by atoms with Crippen LogP contribution < -0.4 is 0 Å². The Morgan fingerprint density at radius 2 is 2.17 bits per heavy atom. The lowest BCUT2D eigenvalue weighted by Crippen LogP contribution is -2.12. The van der Waals surface area contributed by atoms with Crippen LogP contribution in [0, 0.1) is 0 Å². The normalized spacial score (nSPS) is 14.0. The Kier molecular flexibility index (Phi) is 4.59. The van der Waals surface area contributed by atoms with Gasteiger partial charge in [0.2, 0.25) is 5.69 Å². The number of carboxylic acids is 1. The Balaban J connectivity index is 2.13. The quantitative estimate of drug-likeness (QED) is 0.741. The molecular weight excluding hydrogens is 382 g/mol. The average molecular weight is 396 g/mol. The standard InChI is InChI=1S/C16H14BrNO4S/c1-23-7-10-9(3-2-4-11(10)17)14(19)12-13(16(20)21)18-22-15(12)8-5-6-8/h2-4,8H,5-7H2,1H3,(H,20,21). The molecule has 23 heavy (non-hydrogen) atoms. The van der Waals surface area contributed by atoms with Crippen LogP contribution in [-0.4, -0.2) is 28.3 Å². The number of carbonyl (C=O) groups is 2. The maximum Gasteiger partial charge on any atom is 0.358 e. The summed E-state index contributed by atoms with van der Waals surface area (Å²) in [5.74, 6) is -0.427. The van der Waals surface area contributed by atoms with Crippen molar-refractivity contribution in [1.82, 2.24) is 5.16 Å². The third kappa shape index (κ3) is 3.07. The molecule has 1 N–H and O–H groups in total. The Bertz CT molecular complexity index is 782. The SMILES string of the molecule is CSCc1c(Br)cccc1C(=O)c1c(C(=O)O)noc1C1CC1. The van der Waals surface area contributed by atoms with Gasteiger partial charge in [0.25, 0.3) is 0 Å². The van der Waals surface area contributed by atoms with Gasteiger partial charge in [-0.15, -0.1) is 0 Å². The topological polar surface area (TPSA) is 80.4 Å². The molecule has 0 atom stereocenters. The number of carboxylic acid groups (broad SMARTS) is 1. The molecule has 0 amide bonds. The van der Waals surface area contributed by atoms with Crippen LogP contribution in [0.15, 0.2) is 27.2 Å². The van der Waals surface area contributed by atoms with Crippen molar-refractivity contribution < 1.29 is 19.2 Å². The Morgan fingerprint density at radius 1 is 1.43 bits per heavy atom. The fourth-order valence-electron chi connectivity index (χ4n) is 2.49. The van der Waals surface area contributed by atoms with Crippen LogP contribution in [0.4, 0.5) is 0 Å². The smallest absolute Gasteiger partial charge is 0.358 e. The van der Waals surface area contributed by atoms with Gasteiger partial charge in [-0.2, -0.15) is 11.8 Å². The number of carbonyl (C=O) groups excluding carboxylic acids is 1. The van der Waals surface area contributed by atoms with Crippen LogP contribution in [0.3, 0.4) is 0 Å². The van der Waals surface area contributed by atoms with Crippen molar-refractivity contribution >= 4 is 39.4 Å². The third-order valence-corrected chi connectivity index (χ3v) is 5.07. The molecule has 1 fully saturated rings. The van der Waals surface area contributed by atoms with Crippen molar-refractivity contribution in [3.63, 3.8) is 0 Å². The minimum atomic E-state index is -1.24. The number of ketones is 1. The highest BCUT2D eigenvalue weighted by atomic mass is 79.9. The molecule has 2 aromatic rings. The van der Waals surface area contributed by atoms with E-state index >= 15 is 0 Å². The van der Waals surface area contributed by atoms with Crippen molar-refractivity contribution in [1.29, 1.82) is 0 Å². The van der Waals surface area contributed by atoms with Crippen LogP contribution in [-0.2, 0) is 5.75 Å². The highest BCUT2D eigenvalue weighted by Crippen LogP contribution is 2.43. The van der Waals surface area contributed by atoms with Gasteiger partial charge >= 0.3 is 5.97 Å². The monoisotopic (exact) mass is 395 g/mol. The average Bonchev–Trinajstić information content (AvgIpc) is 3.27. The highest BCUT2D eigenvalue weighted by molar-refractivity contribution is 9.10. The zero-order chi connectivity index (χ0) is 16.6. The number of thioether (sulfide) groups is 1. The lowest BCUT2D eigenvalue weighted by atomic mass is 9.96. The lowest BCUT2D eigenvalue weighted by molar-refractivity contribution is 0.0682. The summed E-state index contributed by atoms with van der Waals surface area (Å²) in [4.78, 5) is 24.4. The van der Waals surface area contributed by atoms with E-state index < -0.39 is 5.97 Å². The maximum absolute atomic E-state index is 13.0. The summed E-state index contributed by atoms with van der Waals surface area (Å²) in [6.07, 6.45) is 3.74. The van der Waals surface area contributed by atoms with Crippen LogP contribution in [0.2, 0.25) is 0 Å². The molecule has 1 aliphatic rings. The molecule has 0 aliphatic heterocycles. The van der Waals surface area contributed by atoms with Crippen molar-refractivity contribution in [2.75, 3.05) is 6.26 Å². The minimum Gasteiger partial charge on any atom is -0.476 e. The molecule has 0 radical (unpaired) electrons. The first-order valence-electron chi connectivity index (χ1n) is 7.08. The van der Waals surface area contributed by atoms with Crippen LogP contribution in [0.25, 0.3) is 0 Å². The summed E-state index contributed by atoms with van der Waals surface area (Å²) in [5, 5.41) is 12.9. The van der Waals surface area contributed by atoms with Gasteiger partial charge in [-0.1, -0.05) is 33.2 Å². The van der Waals surface area contributed by atoms with Crippen LogP contribution in [0.1, 0.15) is 56.5 Å². The minimum absolute atomic E-state index is 0.0976. The first-order chi connectivity index (χ1) is 11.0. The maximum atomic E-state index is 13.0. The number of halogens is 1. The van der Waals surface area contributed by atoms with E-state index in [0.29, 0.717) is 17.1 Å². The third-order valence-electron chi connectivity index (χ3n) is 3.75. The molecule has 120 valence electrons. The van der Waals surface area contributed by atoms with Crippen molar-refractivity contribution in [3.05, 3.63) is 50.8 Å². The molecule has 0 unspecified atom stereocenters. The molecule has 1 aromatic heterocycles. The fraction of sp³-hybridized carbons (Fsp3) is 0.312. The zero-order valence-electron chi connectivity index (χ0n) is 12.3. The number of rotatable bonds is 6. The molecule has 1 aliphatic carbocycles. The first-order valence-corrected chi connectivity index (χ1v) is 9.27. The molecular formula is C16H14BrNO4S. The highest BCUT2D eigenvalue weighted by Gasteiger charge is 2.37. The van der Waals surface area contributed by atoms with Gasteiger partial charge in [-0.05, 0) is 30.7 Å². The second-order valence-electron chi connectivity index (χ2n) is 5.38. The van der Waals surface area contributed by atoms with Gasteiger partial charge in [0, 0.05) is 21.7 Å². The number of benzene rings is 1. The number of aromatic nitrogens is 1. The van der Waals surface area contributed by atoms with Crippen molar-refractivity contribution in [3.8, 4) is 0 Å². The molecule has 5 nitrogen and oxygen atoms in total. The van der Waals surface area contributed by atoms with Gasteiger partial charge in [0.05, 0.1) is 0 Å². The van der Waals surface area contributed by atoms with Gasteiger partial charge < -0.3 is 9.63 Å². The second kappa shape index (κ2) is 6.49. The van der Waals surface area contributed by atoms with E-state index in [-0.39, 0.29) is 23.0 Å². The van der Waals surface area contributed by atoms with E-state index in [1.165, 1.54) is 0 Å². The molecule has 1 aromatic carbocycles. The van der Waals surface area contributed by atoms with E-state index in [1.807, 2.05) is 12.3 Å². The Morgan fingerprint density at radius 3 is 2.78 bits per heavy atom. The first kappa shape index (κ1) is 16.3. The molecule has 0 bridgehead atoms. The van der Waals surface area contributed by atoms with E-state index in [0.717, 1.165) is 22.9 Å². The van der Waals surface area contributed by atoms with Gasteiger partial charge in [-0.25, -0.2) is 4.79 Å². The second-order valence-corrected chi connectivity index (χ2v) is 7.10. The molecule has 0 spiro atoms. The predicted molar refractivity (Wildman–Crippen MR) is 90.2 cm³/mol. The number of hydrogen-bond donors (Lipinski definition) is 1. The van der Waals surface area contributed by atoms with E-state index in [2.05, 4.69) is 21.1 Å². The van der Waals surface area contributed by atoms with Crippen LogP contribution >= 0.6 is 27.7 Å². The number of aromatic carboxylic acids is 1. The molecule has 3 rings (SSSR count). The van der Waals surface area contributed by atoms with Crippen LogP contribution in [0.5, 0.6) is 0 Å². The van der Waals surface area contributed by atoms with Gasteiger partial charge in [0.15, 0.2) is 11.5 Å². The fourth-order valence-corrected chi connectivity index (χ4v) is 3.78. The summed E-state index contributed by atoms with van der Waals surface area (Å²) >= 11 is 5.06. The van der Waals surface area contributed by atoms with E-state index in [9.17, 15) is 14.7 Å². The Hall–Kier alpha value is -1.60. The summed E-state index contributed by atoms with van der Waals surface area (Å²) < 4.78 is 6.02. The lowest BCUT2D eigenvalue weighted by Gasteiger charge is -2.10. The number of hydrogen-bond acceptors (Lipinski definition) is 5. The summed E-state index contributed by atoms with van der Waals surface area (Å²) in [7, 11) is 0. The van der Waals surface area contributed by atoms with Gasteiger partial charge in [0.1, 0.15) is 5.56 Å². The zero-order valence-corrected chi connectivity index (χ0v) is 14.7. The van der Waals surface area contributed by atoms with E-state index in [1.54, 1.807) is 23.9 Å². The Labute approximate surface area is 145 Å². The molecule has 0 saturated heterocycles. The van der Waals surface area contributed by atoms with Gasteiger partial charge in [-0.3, -0.25) is 4.79 Å². The largest absolute Gasteiger partial charge is 0.476 e.